The zero-order chi connectivity index (χ0) is 17.1. The molecule has 3 rings (SSSR count). The summed E-state index contributed by atoms with van der Waals surface area (Å²) in [5.41, 5.74) is 4.59. The maximum absolute atomic E-state index is 12.1. The number of benzene rings is 2. The van der Waals surface area contributed by atoms with Crippen LogP contribution in [0.3, 0.4) is 0 Å². The SMILES string of the molecule is Cc1ccc(-c2ccc(OC(=O)c3cccc(Br)c3)nn2)cc1C. The molecule has 0 fully saturated rings. The highest BCUT2D eigenvalue weighted by Gasteiger charge is 2.10. The summed E-state index contributed by atoms with van der Waals surface area (Å²) in [7, 11) is 0. The average Bonchev–Trinajstić information content (AvgIpc) is 2.58. The highest BCUT2D eigenvalue weighted by molar-refractivity contribution is 9.10. The van der Waals surface area contributed by atoms with E-state index in [0.29, 0.717) is 5.56 Å². The van der Waals surface area contributed by atoms with Crippen LogP contribution in [0, 0.1) is 13.8 Å². The fourth-order valence-electron chi connectivity index (χ4n) is 2.20. The van der Waals surface area contributed by atoms with Crippen molar-refractivity contribution >= 4 is 21.9 Å². The molecule has 0 unspecified atom stereocenters. The van der Waals surface area contributed by atoms with Gasteiger partial charge >= 0.3 is 5.97 Å². The van der Waals surface area contributed by atoms with Gasteiger partial charge in [-0.15, -0.1) is 10.2 Å². The number of aromatic nitrogens is 2. The molecule has 24 heavy (non-hydrogen) atoms. The fraction of sp³-hybridized carbons (Fsp3) is 0.105. The van der Waals surface area contributed by atoms with Gasteiger partial charge in [0.15, 0.2) is 0 Å². The topological polar surface area (TPSA) is 52.1 Å². The van der Waals surface area contributed by atoms with E-state index < -0.39 is 5.97 Å². The Morgan fingerprint density at radius 3 is 2.46 bits per heavy atom. The van der Waals surface area contributed by atoms with Crippen molar-refractivity contribution in [2.45, 2.75) is 13.8 Å². The van der Waals surface area contributed by atoms with Crippen LogP contribution < -0.4 is 4.74 Å². The lowest BCUT2D eigenvalue weighted by Crippen LogP contribution is -2.09. The Bertz CT molecular complexity index is 892. The molecule has 0 bridgehead atoms. The Morgan fingerprint density at radius 2 is 1.79 bits per heavy atom. The van der Waals surface area contributed by atoms with Crippen LogP contribution in [0.15, 0.2) is 59.1 Å². The zero-order valence-electron chi connectivity index (χ0n) is 13.3. The molecule has 5 heteroatoms. The quantitative estimate of drug-likeness (QED) is 0.613. The lowest BCUT2D eigenvalue weighted by atomic mass is 10.0. The third-order valence-corrected chi connectivity index (χ3v) is 4.19. The molecule has 3 aromatic rings. The van der Waals surface area contributed by atoms with E-state index in [2.05, 4.69) is 46.0 Å². The molecule has 0 aliphatic rings. The summed E-state index contributed by atoms with van der Waals surface area (Å²) < 4.78 is 6.07. The molecule has 1 heterocycles. The van der Waals surface area contributed by atoms with Crippen LogP contribution in [0.1, 0.15) is 21.5 Å². The molecule has 1 aromatic heterocycles. The second-order valence-electron chi connectivity index (χ2n) is 5.46. The van der Waals surface area contributed by atoms with Gasteiger partial charge in [0.2, 0.25) is 5.88 Å². The number of hydrogen-bond acceptors (Lipinski definition) is 4. The molecule has 0 aliphatic carbocycles. The Kier molecular flexibility index (Phi) is 4.71. The number of hydrogen-bond donors (Lipinski definition) is 0. The van der Waals surface area contributed by atoms with Crippen LogP contribution in [0.25, 0.3) is 11.3 Å². The van der Waals surface area contributed by atoms with E-state index in [4.69, 9.17) is 4.74 Å². The van der Waals surface area contributed by atoms with Gasteiger partial charge < -0.3 is 4.74 Å². The molecule has 0 aliphatic heterocycles. The summed E-state index contributed by atoms with van der Waals surface area (Å²) >= 11 is 3.33. The monoisotopic (exact) mass is 382 g/mol. The van der Waals surface area contributed by atoms with Gasteiger partial charge in [-0.2, -0.15) is 0 Å². The smallest absolute Gasteiger partial charge is 0.344 e. The number of rotatable bonds is 3. The van der Waals surface area contributed by atoms with Gasteiger partial charge in [-0.1, -0.05) is 34.1 Å². The lowest BCUT2D eigenvalue weighted by molar-refractivity contribution is 0.0726. The van der Waals surface area contributed by atoms with Crippen LogP contribution in [0.5, 0.6) is 5.88 Å². The number of aryl methyl sites for hydroxylation is 2. The van der Waals surface area contributed by atoms with Crippen LogP contribution in [0.2, 0.25) is 0 Å². The molecule has 0 radical (unpaired) electrons. The van der Waals surface area contributed by atoms with Crippen LogP contribution >= 0.6 is 15.9 Å². The third-order valence-electron chi connectivity index (χ3n) is 3.70. The minimum absolute atomic E-state index is 0.174. The van der Waals surface area contributed by atoms with E-state index in [1.165, 1.54) is 11.1 Å². The molecular formula is C19H15BrN2O2. The number of ether oxygens (including phenoxy) is 1. The van der Waals surface area contributed by atoms with Crippen molar-refractivity contribution in [2.75, 3.05) is 0 Å². The number of nitrogens with zero attached hydrogens (tertiary/aromatic N) is 2. The molecule has 0 saturated carbocycles. The van der Waals surface area contributed by atoms with E-state index in [1.54, 1.807) is 30.3 Å². The summed E-state index contributed by atoms with van der Waals surface area (Å²) in [6.45, 7) is 4.12. The van der Waals surface area contributed by atoms with Crippen molar-refractivity contribution in [3.8, 4) is 17.1 Å². The maximum Gasteiger partial charge on any atom is 0.344 e. The summed E-state index contributed by atoms with van der Waals surface area (Å²) in [4.78, 5) is 12.1. The minimum atomic E-state index is -0.468. The molecule has 0 saturated heterocycles. The maximum atomic E-state index is 12.1. The van der Waals surface area contributed by atoms with Crippen molar-refractivity contribution in [3.63, 3.8) is 0 Å². The van der Waals surface area contributed by atoms with Crippen molar-refractivity contribution in [1.82, 2.24) is 10.2 Å². The van der Waals surface area contributed by atoms with Crippen molar-refractivity contribution in [2.24, 2.45) is 0 Å². The first kappa shape index (κ1) is 16.3. The van der Waals surface area contributed by atoms with Gasteiger partial charge in [-0.25, -0.2) is 4.79 Å². The Morgan fingerprint density at radius 1 is 0.958 bits per heavy atom. The summed E-state index contributed by atoms with van der Waals surface area (Å²) in [5.74, 6) is -0.294. The van der Waals surface area contributed by atoms with Crippen LogP contribution in [-0.4, -0.2) is 16.2 Å². The largest absolute Gasteiger partial charge is 0.402 e. The molecule has 2 aromatic carbocycles. The summed E-state index contributed by atoms with van der Waals surface area (Å²) in [5, 5.41) is 8.14. The summed E-state index contributed by atoms with van der Waals surface area (Å²) in [6.07, 6.45) is 0. The van der Waals surface area contributed by atoms with Gasteiger partial charge in [-0.05, 0) is 55.3 Å². The zero-order valence-corrected chi connectivity index (χ0v) is 14.9. The first-order valence-electron chi connectivity index (χ1n) is 7.42. The summed E-state index contributed by atoms with van der Waals surface area (Å²) in [6, 6.07) is 16.5. The van der Waals surface area contributed by atoms with Crippen molar-refractivity contribution < 1.29 is 9.53 Å². The van der Waals surface area contributed by atoms with E-state index >= 15 is 0 Å². The molecule has 0 N–H and O–H groups in total. The predicted molar refractivity (Wildman–Crippen MR) is 96.0 cm³/mol. The highest BCUT2D eigenvalue weighted by Crippen LogP contribution is 2.21. The molecule has 0 spiro atoms. The molecule has 4 nitrogen and oxygen atoms in total. The second kappa shape index (κ2) is 6.93. The first-order valence-corrected chi connectivity index (χ1v) is 8.21. The highest BCUT2D eigenvalue weighted by atomic mass is 79.9. The third kappa shape index (κ3) is 3.68. The number of carbonyl (C=O) groups excluding carboxylic acids is 1. The standard InChI is InChI=1S/C19H15BrN2O2/c1-12-6-7-14(10-13(12)2)17-8-9-18(22-21-17)24-19(23)15-4-3-5-16(20)11-15/h3-11H,1-2H3. The van der Waals surface area contributed by atoms with Gasteiger partial charge in [-0.3, -0.25) is 0 Å². The van der Waals surface area contributed by atoms with Crippen molar-refractivity contribution in [3.05, 3.63) is 75.8 Å². The van der Waals surface area contributed by atoms with E-state index in [-0.39, 0.29) is 5.88 Å². The first-order chi connectivity index (χ1) is 11.5. The Hall–Kier alpha value is -2.53. The Labute approximate surface area is 148 Å². The number of halogens is 1. The van der Waals surface area contributed by atoms with Crippen molar-refractivity contribution in [1.29, 1.82) is 0 Å². The van der Waals surface area contributed by atoms with Gasteiger partial charge in [0.1, 0.15) is 0 Å². The predicted octanol–water partition coefficient (Wildman–Crippen LogP) is 4.74. The molecular weight excluding hydrogens is 368 g/mol. The average molecular weight is 383 g/mol. The van der Waals surface area contributed by atoms with Crippen LogP contribution in [0.4, 0.5) is 0 Å². The minimum Gasteiger partial charge on any atom is -0.402 e. The van der Waals surface area contributed by atoms with Crippen LogP contribution in [-0.2, 0) is 0 Å². The van der Waals surface area contributed by atoms with Gasteiger partial charge in [0, 0.05) is 16.1 Å². The molecule has 0 atom stereocenters. The van der Waals surface area contributed by atoms with Gasteiger partial charge in [0.05, 0.1) is 11.3 Å². The lowest BCUT2D eigenvalue weighted by Gasteiger charge is -2.06. The number of carbonyl (C=O) groups is 1. The van der Waals surface area contributed by atoms with Gasteiger partial charge in [0.25, 0.3) is 0 Å². The normalized spacial score (nSPS) is 10.5. The fourth-order valence-corrected chi connectivity index (χ4v) is 2.60. The van der Waals surface area contributed by atoms with E-state index in [1.807, 2.05) is 18.2 Å². The molecule has 120 valence electrons. The second-order valence-corrected chi connectivity index (χ2v) is 6.37. The van der Waals surface area contributed by atoms with E-state index in [0.717, 1.165) is 15.7 Å². The van der Waals surface area contributed by atoms with E-state index in [9.17, 15) is 4.79 Å². The molecule has 0 amide bonds. The number of esters is 1. The Balaban J connectivity index is 1.77.